The molecule has 2 saturated carbocycles. The summed E-state index contributed by atoms with van der Waals surface area (Å²) in [6.45, 7) is 7.43. The van der Waals surface area contributed by atoms with Crippen LogP contribution in [-0.4, -0.2) is 30.0 Å². The number of allylic oxidation sites excluding steroid dienone is 1. The number of hydrogen-bond acceptors (Lipinski definition) is 7. The van der Waals surface area contributed by atoms with E-state index in [0.717, 1.165) is 65.9 Å². The molecule has 2 heterocycles. The third-order valence-corrected chi connectivity index (χ3v) is 7.76. The number of benzene rings is 1. The molecule has 0 bridgehead atoms. The van der Waals surface area contributed by atoms with Crippen molar-refractivity contribution < 1.29 is 4.79 Å². The molecule has 2 aliphatic carbocycles. The lowest BCUT2D eigenvalue weighted by molar-refractivity contribution is 0.0945. The minimum atomic E-state index is -0.506. The van der Waals surface area contributed by atoms with E-state index in [1.54, 1.807) is 12.1 Å². The smallest absolute Gasteiger partial charge is 0.270 e. The molecular weight excluding hydrogens is 474 g/mol. The van der Waals surface area contributed by atoms with E-state index in [9.17, 15) is 15.3 Å². The van der Waals surface area contributed by atoms with E-state index in [2.05, 4.69) is 39.2 Å². The van der Waals surface area contributed by atoms with Gasteiger partial charge in [0.1, 0.15) is 11.1 Å². The van der Waals surface area contributed by atoms with Crippen molar-refractivity contribution in [2.24, 2.45) is 17.1 Å². The van der Waals surface area contributed by atoms with Crippen LogP contribution in [0.4, 0.5) is 5.69 Å². The van der Waals surface area contributed by atoms with Gasteiger partial charge in [-0.15, -0.1) is 0 Å². The molecule has 1 aromatic carbocycles. The zero-order valence-corrected chi connectivity index (χ0v) is 21.8. The van der Waals surface area contributed by atoms with Crippen LogP contribution in [0.1, 0.15) is 65.0 Å². The summed E-state index contributed by atoms with van der Waals surface area (Å²) in [5.41, 5.74) is 11.3. The molecule has 8 heteroatoms. The Kier molecular flexibility index (Phi) is 6.93. The largest absolute Gasteiger partial charge is 0.388 e. The van der Waals surface area contributed by atoms with Crippen molar-refractivity contribution in [2.75, 3.05) is 18.0 Å². The van der Waals surface area contributed by atoms with Crippen LogP contribution in [0.3, 0.4) is 0 Å². The summed E-state index contributed by atoms with van der Waals surface area (Å²) in [5, 5.41) is 25.8. The van der Waals surface area contributed by atoms with Crippen LogP contribution in [0, 0.1) is 40.9 Å². The summed E-state index contributed by atoms with van der Waals surface area (Å²) in [5.74, 6) is 0.0753. The molecule has 1 amide bonds. The molecule has 0 spiro atoms. The zero-order chi connectivity index (χ0) is 26.9. The molecule has 1 aromatic heterocycles. The van der Waals surface area contributed by atoms with Crippen molar-refractivity contribution in [3.05, 3.63) is 76.9 Å². The predicted molar refractivity (Wildman–Crippen MR) is 146 cm³/mol. The van der Waals surface area contributed by atoms with Crippen LogP contribution in [0.5, 0.6) is 0 Å². The first-order valence-electron chi connectivity index (χ1n) is 13.2. The lowest BCUT2D eigenvalue weighted by atomic mass is 9.81. The predicted octanol–water partition coefficient (Wildman–Crippen LogP) is 3.89. The van der Waals surface area contributed by atoms with Crippen molar-refractivity contribution in [1.29, 1.82) is 10.5 Å². The van der Waals surface area contributed by atoms with Crippen LogP contribution < -0.4 is 21.3 Å². The van der Waals surface area contributed by atoms with Gasteiger partial charge < -0.3 is 21.3 Å². The number of nitrogens with one attached hydrogen (secondary N) is 2. The summed E-state index contributed by atoms with van der Waals surface area (Å²) >= 11 is 0. The van der Waals surface area contributed by atoms with Crippen LogP contribution in [0.15, 0.2) is 48.8 Å². The van der Waals surface area contributed by atoms with Gasteiger partial charge in [0, 0.05) is 49.0 Å². The van der Waals surface area contributed by atoms with Gasteiger partial charge in [-0.3, -0.25) is 4.79 Å². The number of nitrogens with zero attached hydrogens (tertiary/aromatic N) is 4. The SMILES string of the molecule is C=C1N(c2cc(C)nc(C(=O)NCc3cc(C#N)cc(/C(=C/NC4CC4)CN)c3)c2)CCC1(C#N)C1CC1. The number of carbonyl (C=O) groups excluding carboxylic acids is 1. The Bertz CT molecular complexity index is 1390. The number of hydrogen-bond donors (Lipinski definition) is 3. The summed E-state index contributed by atoms with van der Waals surface area (Å²) < 4.78 is 0. The molecule has 1 aliphatic heterocycles. The van der Waals surface area contributed by atoms with E-state index in [1.165, 1.54) is 0 Å². The highest BCUT2D eigenvalue weighted by atomic mass is 16.1. The number of nitrogens with two attached hydrogens (primary N) is 1. The molecule has 38 heavy (non-hydrogen) atoms. The van der Waals surface area contributed by atoms with Crippen molar-refractivity contribution in [2.45, 2.75) is 51.6 Å². The molecule has 2 aromatic rings. The van der Waals surface area contributed by atoms with Crippen LogP contribution in [0.2, 0.25) is 0 Å². The van der Waals surface area contributed by atoms with Gasteiger partial charge in [-0.2, -0.15) is 10.5 Å². The average molecular weight is 508 g/mol. The van der Waals surface area contributed by atoms with Crippen LogP contribution >= 0.6 is 0 Å². The van der Waals surface area contributed by atoms with Crippen molar-refractivity contribution in [1.82, 2.24) is 15.6 Å². The topological polar surface area (TPSA) is 131 Å². The summed E-state index contributed by atoms with van der Waals surface area (Å²) in [7, 11) is 0. The van der Waals surface area contributed by atoms with E-state index in [4.69, 9.17) is 5.73 Å². The molecule has 1 saturated heterocycles. The van der Waals surface area contributed by atoms with Gasteiger partial charge >= 0.3 is 0 Å². The van der Waals surface area contributed by atoms with Crippen LogP contribution in [0.25, 0.3) is 5.57 Å². The van der Waals surface area contributed by atoms with E-state index in [0.29, 0.717) is 36.3 Å². The number of pyridine rings is 1. The van der Waals surface area contributed by atoms with Crippen molar-refractivity contribution in [3.63, 3.8) is 0 Å². The third kappa shape index (κ3) is 5.14. The van der Waals surface area contributed by atoms with Gasteiger partial charge in [-0.25, -0.2) is 4.98 Å². The Morgan fingerprint density at radius 2 is 2.03 bits per heavy atom. The summed E-state index contributed by atoms with van der Waals surface area (Å²) in [6.07, 6.45) is 7.14. The third-order valence-electron chi connectivity index (χ3n) is 7.76. The standard InChI is InChI=1S/C30H33N7O/c1-19-9-27(37-8-7-30(18-33,20(37)2)25-3-4-25)13-28(36-19)29(38)35-16-22-10-21(14-31)11-23(12-22)24(15-32)17-34-26-5-6-26/h9-13,17,25-26,34H,2-8,15-16,32H2,1H3,(H,35,38)/b24-17+. The van der Waals surface area contributed by atoms with E-state index >= 15 is 0 Å². The first-order valence-corrected chi connectivity index (χ1v) is 13.2. The lowest BCUT2D eigenvalue weighted by Gasteiger charge is -2.26. The van der Waals surface area contributed by atoms with Gasteiger partial charge in [-0.1, -0.05) is 6.58 Å². The fourth-order valence-electron chi connectivity index (χ4n) is 5.29. The second kappa shape index (κ2) is 10.3. The van der Waals surface area contributed by atoms with Gasteiger partial charge in [0.05, 0.1) is 17.7 Å². The molecule has 194 valence electrons. The zero-order valence-electron chi connectivity index (χ0n) is 21.8. The second-order valence-corrected chi connectivity index (χ2v) is 10.6. The maximum Gasteiger partial charge on any atom is 0.270 e. The molecule has 4 N–H and O–H groups in total. The second-order valence-electron chi connectivity index (χ2n) is 10.6. The lowest BCUT2D eigenvalue weighted by Crippen LogP contribution is -2.26. The van der Waals surface area contributed by atoms with Crippen molar-refractivity contribution >= 4 is 17.2 Å². The maximum atomic E-state index is 13.2. The first-order chi connectivity index (χ1) is 18.4. The first kappa shape index (κ1) is 25.5. The number of aromatic nitrogens is 1. The Morgan fingerprint density at radius 1 is 1.24 bits per heavy atom. The molecule has 3 fully saturated rings. The number of aryl methyl sites for hydroxylation is 1. The van der Waals surface area contributed by atoms with E-state index in [-0.39, 0.29) is 12.5 Å². The molecular formula is C30H33N7O. The highest BCUT2D eigenvalue weighted by molar-refractivity contribution is 5.93. The minimum absolute atomic E-state index is 0.246. The number of carbonyl (C=O) groups is 1. The highest BCUT2D eigenvalue weighted by Gasteiger charge is 2.52. The molecule has 1 unspecified atom stereocenters. The fourth-order valence-corrected chi connectivity index (χ4v) is 5.29. The number of rotatable bonds is 9. The fraction of sp³-hybridized carbons (Fsp3) is 0.400. The number of amides is 1. The molecule has 3 aliphatic rings. The molecule has 5 rings (SSSR count). The Balaban J connectivity index is 1.32. The van der Waals surface area contributed by atoms with Gasteiger partial charge in [-0.05, 0) is 92.0 Å². The van der Waals surface area contributed by atoms with Gasteiger partial charge in [0.15, 0.2) is 0 Å². The van der Waals surface area contributed by atoms with E-state index in [1.807, 2.05) is 31.3 Å². The van der Waals surface area contributed by atoms with E-state index < -0.39 is 5.41 Å². The van der Waals surface area contributed by atoms with Gasteiger partial charge in [0.2, 0.25) is 0 Å². The number of anilines is 1. The molecule has 0 radical (unpaired) electrons. The monoisotopic (exact) mass is 507 g/mol. The Morgan fingerprint density at radius 3 is 2.68 bits per heavy atom. The highest BCUT2D eigenvalue weighted by Crippen LogP contribution is 2.56. The normalized spacial score (nSPS) is 21.1. The quantitative estimate of drug-likeness (QED) is 0.469. The maximum absolute atomic E-state index is 13.2. The molecule has 8 nitrogen and oxygen atoms in total. The Hall–Kier alpha value is -4.14. The minimum Gasteiger partial charge on any atom is -0.388 e. The van der Waals surface area contributed by atoms with Crippen molar-refractivity contribution in [3.8, 4) is 12.1 Å². The molecule has 1 atom stereocenters. The summed E-state index contributed by atoms with van der Waals surface area (Å²) in [6, 6.07) is 14.5. The van der Waals surface area contributed by atoms with Crippen LogP contribution in [-0.2, 0) is 6.54 Å². The Labute approximate surface area is 223 Å². The number of nitriles is 2. The average Bonchev–Trinajstić information content (AvgIpc) is 3.86. The van der Waals surface area contributed by atoms with Gasteiger partial charge in [0.25, 0.3) is 5.91 Å². The summed E-state index contributed by atoms with van der Waals surface area (Å²) in [4.78, 5) is 19.7.